The summed E-state index contributed by atoms with van der Waals surface area (Å²) in [6.45, 7) is 1.91. The fraction of sp³-hybridized carbons (Fsp3) is 0.0625. The lowest BCUT2D eigenvalue weighted by Crippen LogP contribution is -1.92. The maximum atomic E-state index is 4.56. The Bertz CT molecular complexity index is 895. The molecule has 1 N–H and O–H groups in total. The second-order valence-corrected chi connectivity index (χ2v) is 5.66. The summed E-state index contributed by atoms with van der Waals surface area (Å²) < 4.78 is 0. The van der Waals surface area contributed by atoms with Gasteiger partial charge >= 0.3 is 0 Å². The lowest BCUT2D eigenvalue weighted by atomic mass is 10.2. The molecule has 102 valence electrons. The highest BCUT2D eigenvalue weighted by atomic mass is 32.1. The van der Waals surface area contributed by atoms with Crippen molar-refractivity contribution >= 4 is 22.4 Å². The molecule has 3 aromatic heterocycles. The molecule has 4 rings (SSSR count). The van der Waals surface area contributed by atoms with Gasteiger partial charge in [-0.2, -0.15) is 0 Å². The van der Waals surface area contributed by atoms with Crippen LogP contribution in [0.15, 0.2) is 48.0 Å². The number of fused-ring (bicyclic) bond motifs is 1. The fourth-order valence-electron chi connectivity index (χ4n) is 2.40. The van der Waals surface area contributed by atoms with E-state index < -0.39 is 0 Å². The molecule has 0 atom stereocenters. The van der Waals surface area contributed by atoms with Gasteiger partial charge in [0, 0.05) is 17.3 Å². The monoisotopic (exact) mass is 292 g/mol. The third-order valence-electron chi connectivity index (χ3n) is 3.31. The second kappa shape index (κ2) is 4.79. The zero-order valence-electron chi connectivity index (χ0n) is 11.4. The van der Waals surface area contributed by atoms with E-state index in [0.29, 0.717) is 0 Å². The van der Waals surface area contributed by atoms with E-state index in [-0.39, 0.29) is 0 Å². The zero-order chi connectivity index (χ0) is 14.2. The smallest absolute Gasteiger partial charge is 0.144 e. The van der Waals surface area contributed by atoms with Crippen molar-refractivity contribution in [3.63, 3.8) is 0 Å². The SMILES string of the molecule is Cc1nc(-c2nccs2)c2[nH]c(-c3ccccc3)cc2n1. The van der Waals surface area contributed by atoms with E-state index in [0.717, 1.165) is 38.8 Å². The lowest BCUT2D eigenvalue weighted by Gasteiger charge is -2.00. The number of rotatable bonds is 2. The minimum absolute atomic E-state index is 0.756. The summed E-state index contributed by atoms with van der Waals surface area (Å²) in [6, 6.07) is 12.3. The van der Waals surface area contributed by atoms with Crippen molar-refractivity contribution in [1.82, 2.24) is 19.9 Å². The summed E-state index contributed by atoms with van der Waals surface area (Å²) in [7, 11) is 0. The molecule has 0 aliphatic heterocycles. The van der Waals surface area contributed by atoms with E-state index in [9.17, 15) is 0 Å². The molecule has 3 heterocycles. The molecule has 0 aliphatic rings. The molecule has 0 fully saturated rings. The molecule has 0 bridgehead atoms. The van der Waals surface area contributed by atoms with Crippen LogP contribution in [-0.4, -0.2) is 19.9 Å². The molecule has 4 nitrogen and oxygen atoms in total. The number of aromatic nitrogens is 4. The summed E-state index contributed by atoms with van der Waals surface area (Å²) in [5.74, 6) is 0.756. The Kier molecular flexibility index (Phi) is 2.79. The minimum Gasteiger partial charge on any atom is -0.351 e. The number of hydrogen-bond acceptors (Lipinski definition) is 4. The van der Waals surface area contributed by atoms with E-state index >= 15 is 0 Å². The molecular formula is C16H12N4S. The van der Waals surface area contributed by atoms with E-state index in [1.807, 2.05) is 30.5 Å². The zero-order valence-corrected chi connectivity index (χ0v) is 12.2. The highest BCUT2D eigenvalue weighted by Gasteiger charge is 2.13. The van der Waals surface area contributed by atoms with Crippen molar-refractivity contribution in [2.45, 2.75) is 6.92 Å². The quantitative estimate of drug-likeness (QED) is 0.606. The highest BCUT2D eigenvalue weighted by molar-refractivity contribution is 7.13. The minimum atomic E-state index is 0.756. The van der Waals surface area contributed by atoms with Crippen LogP contribution in [-0.2, 0) is 0 Å². The molecule has 1 aromatic carbocycles. The van der Waals surface area contributed by atoms with Gasteiger partial charge in [0.2, 0.25) is 0 Å². The van der Waals surface area contributed by atoms with Crippen LogP contribution in [0.3, 0.4) is 0 Å². The van der Waals surface area contributed by atoms with Gasteiger partial charge in [0.25, 0.3) is 0 Å². The number of aryl methyl sites for hydroxylation is 1. The van der Waals surface area contributed by atoms with E-state index in [2.05, 4.69) is 38.1 Å². The largest absolute Gasteiger partial charge is 0.351 e. The van der Waals surface area contributed by atoms with Crippen molar-refractivity contribution in [3.05, 3.63) is 53.8 Å². The Balaban J connectivity index is 1.97. The molecule has 0 aliphatic carbocycles. The number of aromatic amines is 1. The molecule has 0 unspecified atom stereocenters. The van der Waals surface area contributed by atoms with Gasteiger partial charge in [-0.15, -0.1) is 11.3 Å². The van der Waals surface area contributed by atoms with Crippen molar-refractivity contribution in [3.8, 4) is 22.0 Å². The Morgan fingerprint density at radius 2 is 1.95 bits per heavy atom. The molecule has 0 amide bonds. The van der Waals surface area contributed by atoms with Gasteiger partial charge in [-0.25, -0.2) is 15.0 Å². The van der Waals surface area contributed by atoms with Gasteiger partial charge in [0.05, 0.1) is 11.0 Å². The van der Waals surface area contributed by atoms with Gasteiger partial charge < -0.3 is 4.98 Å². The van der Waals surface area contributed by atoms with Gasteiger partial charge in [-0.1, -0.05) is 30.3 Å². The van der Waals surface area contributed by atoms with Crippen molar-refractivity contribution in [1.29, 1.82) is 0 Å². The molecular weight excluding hydrogens is 280 g/mol. The second-order valence-electron chi connectivity index (χ2n) is 4.77. The van der Waals surface area contributed by atoms with Crippen molar-refractivity contribution in [2.24, 2.45) is 0 Å². The van der Waals surface area contributed by atoms with Crippen LogP contribution >= 0.6 is 11.3 Å². The van der Waals surface area contributed by atoms with Crippen LogP contribution in [0.1, 0.15) is 5.82 Å². The van der Waals surface area contributed by atoms with Crippen LogP contribution in [0.25, 0.3) is 33.0 Å². The van der Waals surface area contributed by atoms with E-state index in [4.69, 9.17) is 0 Å². The summed E-state index contributed by atoms with van der Waals surface area (Å²) in [4.78, 5) is 16.9. The van der Waals surface area contributed by atoms with Gasteiger partial charge in [0.1, 0.15) is 16.5 Å². The average molecular weight is 292 g/mol. The van der Waals surface area contributed by atoms with Gasteiger partial charge in [0.15, 0.2) is 0 Å². The lowest BCUT2D eigenvalue weighted by molar-refractivity contribution is 1.09. The number of nitrogens with one attached hydrogen (secondary N) is 1. The van der Waals surface area contributed by atoms with Crippen LogP contribution in [0.4, 0.5) is 0 Å². The van der Waals surface area contributed by atoms with Crippen molar-refractivity contribution in [2.75, 3.05) is 0 Å². The number of thiazole rings is 1. The van der Waals surface area contributed by atoms with Crippen molar-refractivity contribution < 1.29 is 0 Å². The Labute approximate surface area is 125 Å². The van der Waals surface area contributed by atoms with Crippen LogP contribution < -0.4 is 0 Å². The van der Waals surface area contributed by atoms with E-state index in [1.165, 1.54) is 0 Å². The van der Waals surface area contributed by atoms with Gasteiger partial charge in [-0.3, -0.25) is 0 Å². The molecule has 5 heteroatoms. The topological polar surface area (TPSA) is 54.5 Å². The summed E-state index contributed by atoms with van der Waals surface area (Å²) in [6.07, 6.45) is 1.80. The van der Waals surface area contributed by atoms with Gasteiger partial charge in [-0.05, 0) is 18.6 Å². The molecule has 21 heavy (non-hydrogen) atoms. The first kappa shape index (κ1) is 12.2. The number of H-pyrrole nitrogens is 1. The standard InChI is InChI=1S/C16H12N4S/c1-10-18-13-9-12(11-5-3-2-4-6-11)20-14(13)15(19-10)16-17-7-8-21-16/h2-9,20H,1H3. The Morgan fingerprint density at radius 3 is 2.71 bits per heavy atom. The molecule has 0 spiro atoms. The average Bonchev–Trinajstić information content (AvgIpc) is 3.16. The predicted octanol–water partition coefficient (Wildman–Crippen LogP) is 4.06. The molecule has 0 saturated carbocycles. The Hall–Kier alpha value is -2.53. The predicted molar refractivity (Wildman–Crippen MR) is 85.2 cm³/mol. The number of benzene rings is 1. The number of hydrogen-bond donors (Lipinski definition) is 1. The Morgan fingerprint density at radius 1 is 1.10 bits per heavy atom. The first-order valence-corrected chi connectivity index (χ1v) is 7.52. The molecule has 4 aromatic rings. The molecule has 0 saturated heterocycles. The highest BCUT2D eigenvalue weighted by Crippen LogP contribution is 2.30. The summed E-state index contributed by atoms with van der Waals surface area (Å²) >= 11 is 1.58. The fourth-order valence-corrected chi connectivity index (χ4v) is 3.03. The maximum absolute atomic E-state index is 4.56. The first-order valence-electron chi connectivity index (χ1n) is 6.64. The summed E-state index contributed by atoms with van der Waals surface area (Å²) in [5.41, 5.74) is 4.91. The normalized spacial score (nSPS) is 11.1. The molecule has 0 radical (unpaired) electrons. The third-order valence-corrected chi connectivity index (χ3v) is 4.09. The summed E-state index contributed by atoms with van der Waals surface area (Å²) in [5, 5.41) is 2.87. The van der Waals surface area contributed by atoms with Crippen LogP contribution in [0, 0.1) is 6.92 Å². The first-order chi connectivity index (χ1) is 10.3. The maximum Gasteiger partial charge on any atom is 0.144 e. The van der Waals surface area contributed by atoms with E-state index in [1.54, 1.807) is 17.5 Å². The third kappa shape index (κ3) is 2.11. The van der Waals surface area contributed by atoms with Crippen LogP contribution in [0.2, 0.25) is 0 Å². The number of nitrogens with zero attached hydrogens (tertiary/aromatic N) is 3. The van der Waals surface area contributed by atoms with Crippen LogP contribution in [0.5, 0.6) is 0 Å².